The Morgan fingerprint density at radius 3 is 2.53 bits per heavy atom. The van der Waals surface area contributed by atoms with Crippen LogP contribution in [0.4, 0.5) is 0 Å². The molecule has 1 fully saturated rings. The normalized spacial score (nSPS) is 16.9. The maximum Gasteiger partial charge on any atom is 0.191 e. The molecule has 0 spiro atoms. The number of nitrogens with one attached hydrogen (secondary N) is 2. The number of rotatable bonds is 9. The smallest absolute Gasteiger partial charge is 0.191 e. The third kappa shape index (κ3) is 6.34. The number of likely N-dealkylation sites (tertiary alicyclic amines) is 1. The van der Waals surface area contributed by atoms with Crippen molar-refractivity contribution < 1.29 is 12.8 Å². The minimum absolute atomic E-state index is 0.101. The maximum atomic E-state index is 12.4. The molecule has 3 rings (SSSR count). The summed E-state index contributed by atoms with van der Waals surface area (Å²) in [5, 5.41) is 6.59. The molecule has 7 nitrogen and oxygen atoms in total. The fourth-order valence-corrected chi connectivity index (χ4v) is 5.08. The van der Waals surface area contributed by atoms with E-state index in [1.807, 2.05) is 18.2 Å². The minimum Gasteiger partial charge on any atom is -0.468 e. The predicted octanol–water partition coefficient (Wildman–Crippen LogP) is 2.84. The first-order valence-corrected chi connectivity index (χ1v) is 12.2. The van der Waals surface area contributed by atoms with Gasteiger partial charge in [-0.15, -0.1) is 0 Å². The summed E-state index contributed by atoms with van der Waals surface area (Å²) in [6.45, 7) is 3.34. The van der Waals surface area contributed by atoms with Crippen molar-refractivity contribution in [2.45, 2.75) is 36.6 Å². The topological polar surface area (TPSA) is 86.9 Å². The lowest BCUT2D eigenvalue weighted by Crippen LogP contribution is -2.44. The van der Waals surface area contributed by atoms with Gasteiger partial charge in [0.1, 0.15) is 5.76 Å². The van der Waals surface area contributed by atoms with E-state index < -0.39 is 9.84 Å². The number of hydrogen-bond donors (Lipinski definition) is 2. The summed E-state index contributed by atoms with van der Waals surface area (Å²) in [6.07, 6.45) is 5.92. The lowest BCUT2D eigenvalue weighted by Gasteiger charge is -2.33. The van der Waals surface area contributed by atoms with E-state index in [0.29, 0.717) is 30.4 Å². The molecular formula is C22H32N4O3S. The highest BCUT2D eigenvalue weighted by Gasteiger charge is 2.24. The van der Waals surface area contributed by atoms with Gasteiger partial charge in [0.05, 0.1) is 23.0 Å². The molecule has 1 aliphatic rings. The van der Waals surface area contributed by atoms with Crippen molar-refractivity contribution in [3.8, 4) is 0 Å². The maximum absolute atomic E-state index is 12.4. The highest BCUT2D eigenvalue weighted by molar-refractivity contribution is 7.91. The molecule has 8 heteroatoms. The van der Waals surface area contributed by atoms with Crippen molar-refractivity contribution in [2.24, 2.45) is 4.99 Å². The van der Waals surface area contributed by atoms with Crippen LogP contribution in [0.1, 0.15) is 37.5 Å². The number of nitrogens with zero attached hydrogens (tertiary/aromatic N) is 2. The van der Waals surface area contributed by atoms with Crippen molar-refractivity contribution >= 4 is 15.8 Å². The fraction of sp³-hybridized carbons (Fsp3) is 0.500. The van der Waals surface area contributed by atoms with Crippen molar-refractivity contribution in [2.75, 3.05) is 39.0 Å². The molecule has 1 aliphatic heterocycles. The number of hydrogen-bond acceptors (Lipinski definition) is 5. The summed E-state index contributed by atoms with van der Waals surface area (Å²) in [5.74, 6) is 1.72. The number of furan rings is 1. The van der Waals surface area contributed by atoms with E-state index in [4.69, 9.17) is 4.42 Å². The summed E-state index contributed by atoms with van der Waals surface area (Å²) < 4.78 is 30.4. The average Bonchev–Trinajstić information content (AvgIpc) is 3.31. The van der Waals surface area contributed by atoms with Crippen LogP contribution in [-0.2, 0) is 9.84 Å². The molecule has 30 heavy (non-hydrogen) atoms. The second kappa shape index (κ2) is 11.2. The van der Waals surface area contributed by atoms with E-state index in [-0.39, 0.29) is 11.8 Å². The predicted molar refractivity (Wildman–Crippen MR) is 119 cm³/mol. The third-order valence-corrected chi connectivity index (χ3v) is 7.19. The minimum atomic E-state index is -3.25. The van der Waals surface area contributed by atoms with Gasteiger partial charge in [-0.05, 0) is 56.6 Å². The average molecular weight is 433 g/mol. The summed E-state index contributed by atoms with van der Waals surface area (Å²) in [4.78, 5) is 7.10. The number of benzene rings is 1. The van der Waals surface area contributed by atoms with Crippen molar-refractivity contribution in [3.05, 3.63) is 54.5 Å². The lowest BCUT2D eigenvalue weighted by atomic mass is 10.1. The number of guanidine groups is 1. The van der Waals surface area contributed by atoms with E-state index in [1.54, 1.807) is 37.6 Å². The molecule has 0 radical (unpaired) electrons. The van der Waals surface area contributed by atoms with Crippen LogP contribution in [0.5, 0.6) is 0 Å². The monoisotopic (exact) mass is 432 g/mol. The summed E-state index contributed by atoms with van der Waals surface area (Å²) in [6, 6.07) is 12.7. The van der Waals surface area contributed by atoms with Gasteiger partial charge in [-0.1, -0.05) is 24.6 Å². The van der Waals surface area contributed by atoms with Crippen LogP contribution in [0, 0.1) is 0 Å². The molecule has 0 bridgehead atoms. The van der Waals surface area contributed by atoms with Crippen LogP contribution in [0.2, 0.25) is 0 Å². The van der Waals surface area contributed by atoms with Crippen LogP contribution >= 0.6 is 0 Å². The molecule has 1 aromatic carbocycles. The van der Waals surface area contributed by atoms with Gasteiger partial charge >= 0.3 is 0 Å². The van der Waals surface area contributed by atoms with E-state index in [2.05, 4.69) is 20.5 Å². The Labute approximate surface area is 179 Å². The zero-order valence-corrected chi connectivity index (χ0v) is 18.4. The van der Waals surface area contributed by atoms with Crippen LogP contribution in [0.15, 0.2) is 63.0 Å². The van der Waals surface area contributed by atoms with Gasteiger partial charge < -0.3 is 15.1 Å². The first-order valence-electron chi connectivity index (χ1n) is 10.6. The van der Waals surface area contributed by atoms with Gasteiger partial charge in [0.2, 0.25) is 0 Å². The van der Waals surface area contributed by atoms with Crippen molar-refractivity contribution in [3.63, 3.8) is 0 Å². The van der Waals surface area contributed by atoms with E-state index >= 15 is 0 Å². The molecule has 1 aromatic heterocycles. The van der Waals surface area contributed by atoms with Gasteiger partial charge in [-0.25, -0.2) is 8.42 Å². The lowest BCUT2D eigenvalue weighted by molar-refractivity contribution is 0.146. The molecule has 0 aliphatic carbocycles. The fourth-order valence-electron chi connectivity index (χ4n) is 3.75. The van der Waals surface area contributed by atoms with Gasteiger partial charge in [0, 0.05) is 20.1 Å². The Hall–Kier alpha value is -2.32. The Bertz CT molecular complexity index is 876. The first-order chi connectivity index (χ1) is 14.6. The zero-order valence-electron chi connectivity index (χ0n) is 17.6. The Balaban J connectivity index is 1.47. The van der Waals surface area contributed by atoms with Crippen LogP contribution < -0.4 is 10.6 Å². The standard InChI is InChI=1S/C22H32N4O3S/c1-23-22(24-13-9-17-30(27,28)19-10-4-2-5-11-19)25-18-20(21-12-8-16-29-21)26-14-6-3-7-15-26/h2,4-5,8,10-12,16,20H,3,6-7,9,13-15,17-18H2,1H3,(H2,23,24,25). The van der Waals surface area contributed by atoms with E-state index in [9.17, 15) is 8.42 Å². The molecule has 1 unspecified atom stereocenters. The highest BCUT2D eigenvalue weighted by atomic mass is 32.2. The van der Waals surface area contributed by atoms with Crippen molar-refractivity contribution in [1.82, 2.24) is 15.5 Å². The zero-order chi connectivity index (χ0) is 21.2. The number of aliphatic imine (C=N–C) groups is 1. The molecule has 0 amide bonds. The number of sulfone groups is 1. The van der Waals surface area contributed by atoms with Crippen LogP contribution in [0.3, 0.4) is 0 Å². The molecule has 164 valence electrons. The second-order valence-corrected chi connectivity index (χ2v) is 9.60. The van der Waals surface area contributed by atoms with Crippen LogP contribution in [-0.4, -0.2) is 58.3 Å². The van der Waals surface area contributed by atoms with Crippen molar-refractivity contribution in [1.29, 1.82) is 0 Å². The highest BCUT2D eigenvalue weighted by Crippen LogP contribution is 2.24. The second-order valence-electron chi connectivity index (χ2n) is 7.49. The molecule has 2 N–H and O–H groups in total. The van der Waals surface area contributed by atoms with Gasteiger partial charge in [-0.3, -0.25) is 9.89 Å². The molecule has 2 aromatic rings. The molecular weight excluding hydrogens is 400 g/mol. The Morgan fingerprint density at radius 1 is 1.10 bits per heavy atom. The van der Waals surface area contributed by atoms with E-state index in [1.165, 1.54) is 19.3 Å². The first kappa shape index (κ1) is 22.4. The molecule has 2 heterocycles. The quantitative estimate of drug-likeness (QED) is 0.360. The summed E-state index contributed by atoms with van der Waals surface area (Å²) in [5.41, 5.74) is 0. The summed E-state index contributed by atoms with van der Waals surface area (Å²) in [7, 11) is -1.53. The van der Waals surface area contributed by atoms with Gasteiger partial charge in [0.15, 0.2) is 15.8 Å². The molecule has 1 atom stereocenters. The SMILES string of the molecule is CN=C(NCCCS(=O)(=O)c1ccccc1)NCC(c1ccco1)N1CCCCC1. The Morgan fingerprint density at radius 2 is 1.87 bits per heavy atom. The summed E-state index contributed by atoms with van der Waals surface area (Å²) >= 11 is 0. The molecule has 0 saturated carbocycles. The third-order valence-electron chi connectivity index (χ3n) is 5.37. The van der Waals surface area contributed by atoms with Crippen LogP contribution in [0.25, 0.3) is 0 Å². The van der Waals surface area contributed by atoms with Gasteiger partial charge in [0.25, 0.3) is 0 Å². The molecule has 1 saturated heterocycles. The number of piperidine rings is 1. The Kier molecular flexibility index (Phi) is 8.33. The van der Waals surface area contributed by atoms with E-state index in [0.717, 1.165) is 18.8 Å². The van der Waals surface area contributed by atoms with Gasteiger partial charge in [-0.2, -0.15) is 0 Å². The largest absolute Gasteiger partial charge is 0.468 e.